The zero-order valence-corrected chi connectivity index (χ0v) is 22.9. The van der Waals surface area contributed by atoms with Gasteiger partial charge in [-0.1, -0.05) is 60.1 Å². The van der Waals surface area contributed by atoms with E-state index < -0.39 is 15.9 Å². The van der Waals surface area contributed by atoms with Crippen LogP contribution in [0.25, 0.3) is 0 Å². The van der Waals surface area contributed by atoms with Crippen molar-refractivity contribution in [3.8, 4) is 0 Å². The van der Waals surface area contributed by atoms with Crippen molar-refractivity contribution >= 4 is 50.7 Å². The van der Waals surface area contributed by atoms with Crippen molar-refractivity contribution in [2.24, 2.45) is 0 Å². The highest BCUT2D eigenvalue weighted by Crippen LogP contribution is 2.31. The Morgan fingerprint density at radius 3 is 2.24 bits per heavy atom. The maximum absolute atomic E-state index is 13.6. The molecule has 0 heterocycles. The van der Waals surface area contributed by atoms with Crippen molar-refractivity contribution in [3.63, 3.8) is 0 Å². The molecule has 0 spiro atoms. The molecule has 0 radical (unpaired) electrons. The summed E-state index contributed by atoms with van der Waals surface area (Å²) >= 11 is 7.56. The predicted molar refractivity (Wildman–Crippen MR) is 153 cm³/mol. The van der Waals surface area contributed by atoms with Gasteiger partial charge in [0.25, 0.3) is 10.0 Å². The maximum atomic E-state index is 13.6. The van der Waals surface area contributed by atoms with Gasteiger partial charge in [0.15, 0.2) is 0 Å². The van der Waals surface area contributed by atoms with Crippen molar-refractivity contribution < 1.29 is 13.2 Å². The van der Waals surface area contributed by atoms with Gasteiger partial charge in [0, 0.05) is 15.7 Å². The van der Waals surface area contributed by atoms with Gasteiger partial charge in [0.2, 0.25) is 5.91 Å². The van der Waals surface area contributed by atoms with Crippen LogP contribution in [0.2, 0.25) is 5.02 Å². The zero-order valence-electron chi connectivity index (χ0n) is 20.5. The number of hydrogen-bond donors (Lipinski definition) is 1. The fourth-order valence-electron chi connectivity index (χ4n) is 3.67. The van der Waals surface area contributed by atoms with Crippen LogP contribution in [-0.2, 0) is 20.6 Å². The molecular weight excluding hydrogens is 524 g/mol. The van der Waals surface area contributed by atoms with Gasteiger partial charge in [-0.15, -0.1) is 11.8 Å². The van der Waals surface area contributed by atoms with Gasteiger partial charge in [0.1, 0.15) is 6.54 Å². The number of carbonyl (C=O) groups excluding carboxylic acids is 1. The summed E-state index contributed by atoms with van der Waals surface area (Å²) in [5, 5.41) is 3.60. The molecule has 8 heteroatoms. The average Bonchev–Trinajstić information content (AvgIpc) is 2.90. The van der Waals surface area contributed by atoms with E-state index in [1.54, 1.807) is 42.1 Å². The summed E-state index contributed by atoms with van der Waals surface area (Å²) in [6, 6.07) is 28.6. The third-order valence-electron chi connectivity index (χ3n) is 5.87. The molecule has 0 atom stereocenters. The molecular formula is C29H27ClN2O3S2. The largest absolute Gasteiger partial charge is 0.323 e. The highest BCUT2D eigenvalue weighted by molar-refractivity contribution is 7.98. The minimum absolute atomic E-state index is 0.125. The molecule has 0 aromatic heterocycles. The molecule has 4 aromatic carbocycles. The minimum atomic E-state index is -3.97. The van der Waals surface area contributed by atoms with E-state index in [2.05, 4.69) is 5.32 Å². The lowest BCUT2D eigenvalue weighted by atomic mass is 10.1. The van der Waals surface area contributed by atoms with Crippen molar-refractivity contribution in [1.29, 1.82) is 0 Å². The molecule has 0 aliphatic rings. The number of halogens is 1. The molecule has 0 fully saturated rings. The fraction of sp³-hybridized carbons (Fsp3) is 0.138. The monoisotopic (exact) mass is 550 g/mol. The second-order valence-corrected chi connectivity index (χ2v) is 11.9. The number of carbonyl (C=O) groups is 1. The quantitative estimate of drug-likeness (QED) is 0.226. The lowest BCUT2D eigenvalue weighted by molar-refractivity contribution is -0.114. The van der Waals surface area contributed by atoms with Gasteiger partial charge < -0.3 is 5.32 Å². The number of rotatable bonds is 9. The first kappa shape index (κ1) is 26.8. The number of thioether (sulfide) groups is 1. The predicted octanol–water partition coefficient (Wildman–Crippen LogP) is 7.08. The standard InChI is InChI=1S/C29H27ClN2O3S2/c1-21-12-17-25(18-22(21)2)32(37(34,35)26-8-4-3-5-9-26)19-29(33)31-27-10-6-7-11-28(27)36-20-23-13-15-24(30)16-14-23/h3-18H,19-20H2,1-2H3,(H,31,33). The molecule has 0 unspecified atom stereocenters. The van der Waals surface area contributed by atoms with E-state index in [9.17, 15) is 13.2 Å². The molecule has 0 saturated heterocycles. The lowest BCUT2D eigenvalue weighted by Gasteiger charge is -2.25. The van der Waals surface area contributed by atoms with E-state index in [0.717, 1.165) is 25.9 Å². The molecule has 190 valence electrons. The van der Waals surface area contributed by atoms with Gasteiger partial charge in [-0.05, 0) is 79.1 Å². The first-order valence-electron chi connectivity index (χ1n) is 11.7. The molecule has 5 nitrogen and oxygen atoms in total. The Morgan fingerprint density at radius 2 is 1.54 bits per heavy atom. The lowest BCUT2D eigenvalue weighted by Crippen LogP contribution is -2.38. The van der Waals surface area contributed by atoms with Gasteiger partial charge >= 0.3 is 0 Å². The van der Waals surface area contributed by atoms with Crippen LogP contribution in [0.3, 0.4) is 0 Å². The smallest absolute Gasteiger partial charge is 0.264 e. The molecule has 0 aliphatic heterocycles. The van der Waals surface area contributed by atoms with Crippen LogP contribution in [0.5, 0.6) is 0 Å². The highest BCUT2D eigenvalue weighted by atomic mass is 35.5. The molecule has 4 aromatic rings. The highest BCUT2D eigenvalue weighted by Gasteiger charge is 2.27. The van der Waals surface area contributed by atoms with E-state index in [4.69, 9.17) is 11.6 Å². The third kappa shape index (κ3) is 6.74. The molecule has 1 N–H and O–H groups in total. The molecule has 4 rings (SSSR count). The Bertz CT molecular complexity index is 1490. The number of nitrogens with zero attached hydrogens (tertiary/aromatic N) is 1. The number of aryl methyl sites for hydroxylation is 2. The fourth-order valence-corrected chi connectivity index (χ4v) is 6.20. The van der Waals surface area contributed by atoms with Gasteiger partial charge in [0.05, 0.1) is 16.3 Å². The minimum Gasteiger partial charge on any atom is -0.323 e. The molecule has 37 heavy (non-hydrogen) atoms. The second kappa shape index (κ2) is 11.9. The number of anilines is 2. The summed E-state index contributed by atoms with van der Waals surface area (Å²) < 4.78 is 28.4. The van der Waals surface area contributed by atoms with Crippen LogP contribution < -0.4 is 9.62 Å². The van der Waals surface area contributed by atoms with Crippen molar-refractivity contribution in [1.82, 2.24) is 0 Å². The van der Waals surface area contributed by atoms with Gasteiger partial charge in [-0.2, -0.15) is 0 Å². The molecule has 0 aliphatic carbocycles. The Labute approximate surface area is 227 Å². The summed E-state index contributed by atoms with van der Waals surface area (Å²) in [6.07, 6.45) is 0. The molecule has 0 saturated carbocycles. The number of hydrogen-bond acceptors (Lipinski definition) is 4. The van der Waals surface area contributed by atoms with E-state index in [1.165, 1.54) is 12.1 Å². The SMILES string of the molecule is Cc1ccc(N(CC(=O)Nc2ccccc2SCc2ccc(Cl)cc2)S(=O)(=O)c2ccccc2)cc1C. The third-order valence-corrected chi connectivity index (χ3v) is 9.05. The van der Waals surface area contributed by atoms with Gasteiger partial charge in [-0.3, -0.25) is 9.10 Å². The van der Waals surface area contributed by atoms with E-state index in [1.807, 2.05) is 68.4 Å². The van der Waals surface area contributed by atoms with Crippen LogP contribution in [0.4, 0.5) is 11.4 Å². The number of sulfonamides is 1. The normalized spacial score (nSPS) is 11.2. The number of amides is 1. The summed E-state index contributed by atoms with van der Waals surface area (Å²) in [5.41, 5.74) is 4.15. The molecule has 0 bridgehead atoms. The van der Waals surface area contributed by atoms with Crippen LogP contribution in [0.15, 0.2) is 107 Å². The first-order valence-corrected chi connectivity index (χ1v) is 14.5. The van der Waals surface area contributed by atoms with Crippen molar-refractivity contribution in [2.75, 3.05) is 16.2 Å². The van der Waals surface area contributed by atoms with Crippen LogP contribution in [0.1, 0.15) is 16.7 Å². The van der Waals surface area contributed by atoms with E-state index >= 15 is 0 Å². The zero-order chi connectivity index (χ0) is 26.4. The van der Waals surface area contributed by atoms with E-state index in [0.29, 0.717) is 22.2 Å². The van der Waals surface area contributed by atoms with E-state index in [-0.39, 0.29) is 11.4 Å². The van der Waals surface area contributed by atoms with Crippen LogP contribution in [-0.4, -0.2) is 20.9 Å². The Kier molecular flexibility index (Phi) is 8.59. The summed E-state index contributed by atoms with van der Waals surface area (Å²) in [7, 11) is -3.97. The number of para-hydroxylation sites is 1. The summed E-state index contributed by atoms with van der Waals surface area (Å²) in [4.78, 5) is 14.3. The average molecular weight is 551 g/mol. The molecule has 1 amide bonds. The Balaban J connectivity index is 1.57. The topological polar surface area (TPSA) is 66.5 Å². The van der Waals surface area contributed by atoms with Crippen molar-refractivity contribution in [3.05, 3.63) is 119 Å². The van der Waals surface area contributed by atoms with Gasteiger partial charge in [-0.25, -0.2) is 8.42 Å². The summed E-state index contributed by atoms with van der Waals surface area (Å²) in [6.45, 7) is 3.51. The maximum Gasteiger partial charge on any atom is 0.264 e. The first-order chi connectivity index (χ1) is 17.7. The summed E-state index contributed by atoms with van der Waals surface area (Å²) in [5.74, 6) is 0.263. The van der Waals surface area contributed by atoms with Crippen LogP contribution in [0, 0.1) is 13.8 Å². The van der Waals surface area contributed by atoms with Crippen molar-refractivity contribution in [2.45, 2.75) is 29.4 Å². The Morgan fingerprint density at radius 1 is 0.865 bits per heavy atom. The second-order valence-electron chi connectivity index (χ2n) is 8.55. The Hall–Kier alpha value is -3.26. The van der Waals surface area contributed by atoms with Crippen LogP contribution >= 0.6 is 23.4 Å². The number of benzene rings is 4. The number of nitrogens with one attached hydrogen (secondary N) is 1.